The number of halogens is 3. The van der Waals surface area contributed by atoms with Crippen molar-refractivity contribution in [1.82, 2.24) is 4.98 Å². The molecule has 2 aromatic carbocycles. The van der Waals surface area contributed by atoms with Crippen LogP contribution in [0.1, 0.15) is 5.56 Å². The number of hydrogen-bond acceptors (Lipinski definition) is 3. The van der Waals surface area contributed by atoms with Crippen molar-refractivity contribution in [1.29, 1.82) is 0 Å². The van der Waals surface area contributed by atoms with Gasteiger partial charge in [0.15, 0.2) is 0 Å². The Morgan fingerprint density at radius 2 is 2.00 bits per heavy atom. The Bertz CT molecular complexity index is 773. The molecule has 1 aromatic heterocycles. The van der Waals surface area contributed by atoms with Gasteiger partial charge in [-0.3, -0.25) is 0 Å². The third kappa shape index (κ3) is 2.59. The first-order valence-electron chi connectivity index (χ1n) is 5.84. The van der Waals surface area contributed by atoms with Gasteiger partial charge >= 0.3 is 0 Å². The van der Waals surface area contributed by atoms with E-state index in [9.17, 15) is 4.39 Å². The van der Waals surface area contributed by atoms with Gasteiger partial charge in [0.05, 0.1) is 20.9 Å². The standard InChI is InChI=1S/C14H9Cl2FN2S/c15-10-3-4-12-14(19-7-20-12)13(10)18-6-8-1-2-9(17)5-11(8)16/h1-5,7,18H,6H2. The SMILES string of the molecule is Fc1ccc(CNc2c(Cl)ccc3scnc23)c(Cl)c1. The fourth-order valence-electron chi connectivity index (χ4n) is 1.92. The number of benzene rings is 2. The lowest BCUT2D eigenvalue weighted by molar-refractivity contribution is 0.627. The normalized spacial score (nSPS) is 10.9. The van der Waals surface area contributed by atoms with Gasteiger partial charge < -0.3 is 5.32 Å². The molecule has 0 fully saturated rings. The van der Waals surface area contributed by atoms with Crippen LogP contribution in [0.5, 0.6) is 0 Å². The first-order valence-corrected chi connectivity index (χ1v) is 7.48. The molecule has 1 N–H and O–H groups in total. The summed E-state index contributed by atoms with van der Waals surface area (Å²) in [6.07, 6.45) is 0. The molecule has 0 saturated carbocycles. The number of hydrogen-bond donors (Lipinski definition) is 1. The smallest absolute Gasteiger partial charge is 0.124 e. The summed E-state index contributed by atoms with van der Waals surface area (Å²) in [5, 5.41) is 4.21. The van der Waals surface area contributed by atoms with Gasteiger partial charge in [0.2, 0.25) is 0 Å². The van der Waals surface area contributed by atoms with E-state index >= 15 is 0 Å². The minimum absolute atomic E-state index is 0.349. The summed E-state index contributed by atoms with van der Waals surface area (Å²) < 4.78 is 14.1. The van der Waals surface area contributed by atoms with Crippen LogP contribution in [0.15, 0.2) is 35.8 Å². The van der Waals surface area contributed by atoms with Crippen LogP contribution in [0.25, 0.3) is 10.2 Å². The molecule has 3 aromatic rings. The molecule has 0 aliphatic carbocycles. The largest absolute Gasteiger partial charge is 0.378 e. The van der Waals surface area contributed by atoms with Gasteiger partial charge in [0, 0.05) is 11.6 Å². The zero-order chi connectivity index (χ0) is 14.1. The third-order valence-electron chi connectivity index (χ3n) is 2.92. The first kappa shape index (κ1) is 13.6. The molecule has 0 radical (unpaired) electrons. The highest BCUT2D eigenvalue weighted by Gasteiger charge is 2.09. The molecule has 3 rings (SSSR count). The molecular formula is C14H9Cl2FN2S. The quantitative estimate of drug-likeness (QED) is 0.701. The Morgan fingerprint density at radius 1 is 1.15 bits per heavy atom. The highest BCUT2D eigenvalue weighted by molar-refractivity contribution is 7.16. The molecular weight excluding hydrogens is 318 g/mol. The van der Waals surface area contributed by atoms with Crippen LogP contribution >= 0.6 is 34.5 Å². The molecule has 0 aliphatic rings. The number of anilines is 1. The Kier molecular flexibility index (Phi) is 3.78. The van der Waals surface area contributed by atoms with Crippen molar-refractivity contribution >= 4 is 50.4 Å². The molecule has 0 bridgehead atoms. The Hall–Kier alpha value is -1.36. The fourth-order valence-corrected chi connectivity index (χ4v) is 3.06. The predicted molar refractivity (Wildman–Crippen MR) is 83.4 cm³/mol. The van der Waals surface area contributed by atoms with Gasteiger partial charge in [0.25, 0.3) is 0 Å². The van der Waals surface area contributed by atoms with Gasteiger partial charge in [0.1, 0.15) is 11.3 Å². The maximum atomic E-state index is 13.0. The molecule has 1 heterocycles. The number of nitrogens with one attached hydrogen (secondary N) is 1. The molecule has 0 amide bonds. The zero-order valence-electron chi connectivity index (χ0n) is 10.2. The van der Waals surface area contributed by atoms with Crippen molar-refractivity contribution in [2.24, 2.45) is 0 Å². The average Bonchev–Trinajstić information content (AvgIpc) is 2.88. The maximum Gasteiger partial charge on any atom is 0.124 e. The minimum Gasteiger partial charge on any atom is -0.378 e. The second-order valence-corrected chi connectivity index (χ2v) is 5.91. The molecule has 0 aliphatic heterocycles. The molecule has 20 heavy (non-hydrogen) atoms. The Labute approximate surface area is 129 Å². The van der Waals surface area contributed by atoms with Crippen molar-refractivity contribution in [2.75, 3.05) is 5.32 Å². The predicted octanol–water partition coefficient (Wildman–Crippen LogP) is 5.35. The van der Waals surface area contributed by atoms with Crippen molar-refractivity contribution < 1.29 is 4.39 Å². The Balaban J connectivity index is 1.90. The fraction of sp³-hybridized carbons (Fsp3) is 0.0714. The number of fused-ring (bicyclic) bond motifs is 1. The van der Waals surface area contributed by atoms with Crippen LogP contribution < -0.4 is 5.32 Å². The summed E-state index contributed by atoms with van der Waals surface area (Å²) in [5.74, 6) is -0.349. The van der Waals surface area contributed by atoms with Crippen LogP contribution in [0, 0.1) is 5.82 Å². The molecule has 0 unspecified atom stereocenters. The maximum absolute atomic E-state index is 13.0. The molecule has 102 valence electrons. The summed E-state index contributed by atoms with van der Waals surface area (Å²) in [4.78, 5) is 4.31. The van der Waals surface area contributed by atoms with E-state index in [1.165, 1.54) is 12.1 Å². The van der Waals surface area contributed by atoms with E-state index in [1.54, 1.807) is 22.9 Å². The van der Waals surface area contributed by atoms with E-state index in [2.05, 4.69) is 10.3 Å². The first-order chi connectivity index (χ1) is 9.65. The van der Waals surface area contributed by atoms with E-state index in [1.807, 2.05) is 12.1 Å². The molecule has 2 nitrogen and oxygen atoms in total. The lowest BCUT2D eigenvalue weighted by Gasteiger charge is -2.10. The van der Waals surface area contributed by atoms with E-state index in [-0.39, 0.29) is 5.82 Å². The Morgan fingerprint density at radius 3 is 2.80 bits per heavy atom. The number of thiazole rings is 1. The van der Waals surface area contributed by atoms with Gasteiger partial charge in [-0.25, -0.2) is 9.37 Å². The van der Waals surface area contributed by atoms with Crippen molar-refractivity contribution in [3.05, 3.63) is 57.3 Å². The lowest BCUT2D eigenvalue weighted by Crippen LogP contribution is -2.01. The summed E-state index contributed by atoms with van der Waals surface area (Å²) >= 11 is 13.8. The van der Waals surface area contributed by atoms with Crippen LogP contribution in [0.2, 0.25) is 10.0 Å². The topological polar surface area (TPSA) is 24.9 Å². The van der Waals surface area contributed by atoms with Crippen LogP contribution in [0.3, 0.4) is 0 Å². The number of aromatic nitrogens is 1. The van der Waals surface area contributed by atoms with E-state index in [0.717, 1.165) is 21.5 Å². The second-order valence-electron chi connectivity index (χ2n) is 4.21. The zero-order valence-corrected chi connectivity index (χ0v) is 12.5. The monoisotopic (exact) mass is 326 g/mol. The molecule has 6 heteroatoms. The van der Waals surface area contributed by atoms with E-state index in [4.69, 9.17) is 23.2 Å². The van der Waals surface area contributed by atoms with Gasteiger partial charge in [-0.05, 0) is 29.8 Å². The third-order valence-corrected chi connectivity index (χ3v) is 4.38. The van der Waals surface area contributed by atoms with Crippen molar-refractivity contribution in [3.63, 3.8) is 0 Å². The van der Waals surface area contributed by atoms with Gasteiger partial charge in [-0.2, -0.15) is 0 Å². The van der Waals surface area contributed by atoms with Crippen LogP contribution in [0.4, 0.5) is 10.1 Å². The summed E-state index contributed by atoms with van der Waals surface area (Å²) in [6.45, 7) is 0.454. The summed E-state index contributed by atoms with van der Waals surface area (Å²) in [7, 11) is 0. The van der Waals surface area contributed by atoms with Gasteiger partial charge in [-0.1, -0.05) is 29.3 Å². The van der Waals surface area contributed by atoms with Gasteiger partial charge in [-0.15, -0.1) is 11.3 Å². The average molecular weight is 327 g/mol. The van der Waals surface area contributed by atoms with E-state index in [0.29, 0.717) is 16.6 Å². The summed E-state index contributed by atoms with van der Waals surface area (Å²) in [5.41, 5.74) is 4.18. The summed E-state index contributed by atoms with van der Waals surface area (Å²) in [6, 6.07) is 8.10. The van der Waals surface area contributed by atoms with Crippen LogP contribution in [-0.4, -0.2) is 4.98 Å². The van der Waals surface area contributed by atoms with Crippen molar-refractivity contribution in [2.45, 2.75) is 6.54 Å². The highest BCUT2D eigenvalue weighted by atomic mass is 35.5. The molecule has 0 saturated heterocycles. The molecule has 0 spiro atoms. The molecule has 0 atom stereocenters. The minimum atomic E-state index is -0.349. The van der Waals surface area contributed by atoms with E-state index < -0.39 is 0 Å². The number of nitrogens with zero attached hydrogens (tertiary/aromatic N) is 1. The van der Waals surface area contributed by atoms with Crippen LogP contribution in [-0.2, 0) is 6.54 Å². The number of rotatable bonds is 3. The lowest BCUT2D eigenvalue weighted by atomic mass is 10.2. The van der Waals surface area contributed by atoms with Crippen molar-refractivity contribution in [3.8, 4) is 0 Å². The second kappa shape index (κ2) is 5.56. The highest BCUT2D eigenvalue weighted by Crippen LogP contribution is 2.33.